The Morgan fingerprint density at radius 2 is 1.83 bits per heavy atom. The Bertz CT molecular complexity index is 399. The number of hydrogen-bond acceptors (Lipinski definition) is 4. The minimum Gasteiger partial charge on any atom is -0.470 e. The Labute approximate surface area is 115 Å². The topological polar surface area (TPSA) is 48.1 Å². The summed E-state index contributed by atoms with van der Waals surface area (Å²) < 4.78 is 5.77. The van der Waals surface area contributed by atoms with Gasteiger partial charge in [0.2, 0.25) is 5.88 Å². The average molecular weight is 268 g/mol. The zero-order valence-corrected chi connectivity index (χ0v) is 13.0. The Morgan fingerprint density at radius 3 is 2.33 bits per heavy atom. The number of thioether (sulfide) groups is 1. The second-order valence-corrected chi connectivity index (χ2v) is 7.22. The van der Waals surface area contributed by atoms with Crippen LogP contribution in [0, 0.1) is 5.92 Å². The van der Waals surface area contributed by atoms with Crippen LogP contribution in [0.1, 0.15) is 41.5 Å². The number of rotatable bonds is 4. The van der Waals surface area contributed by atoms with Gasteiger partial charge in [0.25, 0.3) is 0 Å². The molecule has 0 aliphatic heterocycles. The largest absolute Gasteiger partial charge is 0.470 e. The summed E-state index contributed by atoms with van der Waals surface area (Å²) in [7, 11) is 0. The molecule has 1 heterocycles. The standard InChI is InChI=1S/C14H24N2OS/c1-9(2)10(3)18-12-8-7-11(15)13(16-12)17-14(4,5)6/h7-10H,15H2,1-6H3. The third-order valence-corrected chi connectivity index (χ3v) is 3.90. The summed E-state index contributed by atoms with van der Waals surface area (Å²) in [5.74, 6) is 1.14. The summed E-state index contributed by atoms with van der Waals surface area (Å²) in [6.07, 6.45) is 0. The van der Waals surface area contributed by atoms with Crippen LogP contribution < -0.4 is 10.5 Å². The maximum atomic E-state index is 5.89. The molecule has 102 valence electrons. The number of pyridine rings is 1. The predicted octanol–water partition coefficient (Wildman–Crippen LogP) is 3.98. The third-order valence-electron chi connectivity index (χ3n) is 2.51. The number of hydrogen-bond donors (Lipinski definition) is 1. The number of anilines is 1. The van der Waals surface area contributed by atoms with Crippen LogP contribution in [0.5, 0.6) is 5.88 Å². The van der Waals surface area contributed by atoms with Crippen LogP contribution >= 0.6 is 11.8 Å². The fraction of sp³-hybridized carbons (Fsp3) is 0.643. The number of ether oxygens (including phenoxy) is 1. The number of nitrogen functional groups attached to an aromatic ring is 1. The molecule has 1 atom stereocenters. The second kappa shape index (κ2) is 5.83. The van der Waals surface area contributed by atoms with Gasteiger partial charge in [0.1, 0.15) is 10.6 Å². The maximum absolute atomic E-state index is 5.89. The molecule has 0 aromatic carbocycles. The number of nitrogens with two attached hydrogens (primary N) is 1. The van der Waals surface area contributed by atoms with Gasteiger partial charge in [0, 0.05) is 5.25 Å². The SMILES string of the molecule is CC(C)C(C)Sc1ccc(N)c(OC(C)(C)C)n1. The Morgan fingerprint density at radius 1 is 1.22 bits per heavy atom. The van der Waals surface area contributed by atoms with Crippen molar-refractivity contribution in [3.8, 4) is 5.88 Å². The summed E-state index contributed by atoms with van der Waals surface area (Å²) in [5.41, 5.74) is 6.20. The molecule has 0 aliphatic rings. The molecule has 1 aromatic heterocycles. The Kier molecular flexibility index (Phi) is 4.91. The first-order chi connectivity index (χ1) is 8.19. The molecule has 3 nitrogen and oxygen atoms in total. The number of aromatic nitrogens is 1. The van der Waals surface area contributed by atoms with Crippen molar-refractivity contribution < 1.29 is 4.74 Å². The highest BCUT2D eigenvalue weighted by Crippen LogP contribution is 2.31. The molecule has 0 spiro atoms. The zero-order chi connectivity index (χ0) is 13.9. The van der Waals surface area contributed by atoms with Gasteiger partial charge in [-0.25, -0.2) is 4.98 Å². The molecule has 1 aromatic rings. The highest BCUT2D eigenvalue weighted by Gasteiger charge is 2.17. The summed E-state index contributed by atoms with van der Waals surface area (Å²) in [6, 6.07) is 3.82. The minimum absolute atomic E-state index is 0.284. The molecule has 0 aliphatic carbocycles. The van der Waals surface area contributed by atoms with Gasteiger partial charge >= 0.3 is 0 Å². The van der Waals surface area contributed by atoms with E-state index in [2.05, 4.69) is 25.8 Å². The summed E-state index contributed by atoms with van der Waals surface area (Å²) in [4.78, 5) is 4.50. The normalized spacial score (nSPS) is 13.7. The lowest BCUT2D eigenvalue weighted by Crippen LogP contribution is -2.24. The van der Waals surface area contributed by atoms with E-state index in [1.807, 2.05) is 32.9 Å². The molecular weight excluding hydrogens is 244 g/mol. The molecule has 0 fully saturated rings. The van der Waals surface area contributed by atoms with E-state index in [0.29, 0.717) is 22.7 Å². The molecule has 1 rings (SSSR count). The fourth-order valence-corrected chi connectivity index (χ4v) is 2.13. The van der Waals surface area contributed by atoms with E-state index in [0.717, 1.165) is 5.03 Å². The van der Waals surface area contributed by atoms with Gasteiger partial charge in [0.15, 0.2) is 0 Å². The molecule has 4 heteroatoms. The van der Waals surface area contributed by atoms with E-state index in [-0.39, 0.29) is 5.60 Å². The maximum Gasteiger partial charge on any atom is 0.238 e. The lowest BCUT2D eigenvalue weighted by molar-refractivity contribution is 0.124. The minimum atomic E-state index is -0.284. The van der Waals surface area contributed by atoms with Gasteiger partial charge in [-0.05, 0) is 38.8 Å². The van der Waals surface area contributed by atoms with Crippen molar-refractivity contribution in [3.05, 3.63) is 12.1 Å². The van der Waals surface area contributed by atoms with Gasteiger partial charge in [-0.15, -0.1) is 11.8 Å². The van der Waals surface area contributed by atoms with E-state index < -0.39 is 0 Å². The average Bonchev–Trinajstić information content (AvgIpc) is 2.20. The third kappa shape index (κ3) is 4.77. The first-order valence-corrected chi connectivity index (χ1v) is 7.19. The van der Waals surface area contributed by atoms with Crippen LogP contribution in [0.15, 0.2) is 17.2 Å². The lowest BCUT2D eigenvalue weighted by Gasteiger charge is -2.22. The van der Waals surface area contributed by atoms with Gasteiger partial charge < -0.3 is 10.5 Å². The molecule has 0 amide bonds. The smallest absolute Gasteiger partial charge is 0.238 e. The summed E-state index contributed by atoms with van der Waals surface area (Å²) >= 11 is 1.75. The fourth-order valence-electron chi connectivity index (χ4n) is 1.20. The van der Waals surface area contributed by atoms with Crippen LogP contribution in [0.3, 0.4) is 0 Å². The van der Waals surface area contributed by atoms with Crippen LogP contribution in [0.2, 0.25) is 0 Å². The van der Waals surface area contributed by atoms with E-state index in [4.69, 9.17) is 10.5 Å². The summed E-state index contributed by atoms with van der Waals surface area (Å²) in [6.45, 7) is 12.6. The molecule has 0 bridgehead atoms. The van der Waals surface area contributed by atoms with Crippen molar-refractivity contribution in [2.24, 2.45) is 5.92 Å². The second-order valence-electron chi connectivity index (χ2n) is 5.83. The van der Waals surface area contributed by atoms with E-state index >= 15 is 0 Å². The lowest BCUT2D eigenvalue weighted by atomic mass is 10.2. The van der Waals surface area contributed by atoms with Crippen molar-refractivity contribution >= 4 is 17.4 Å². The molecule has 0 radical (unpaired) electrons. The van der Waals surface area contributed by atoms with Crippen molar-refractivity contribution in [1.82, 2.24) is 4.98 Å². The van der Waals surface area contributed by atoms with Gasteiger partial charge in [-0.3, -0.25) is 0 Å². The van der Waals surface area contributed by atoms with Crippen molar-refractivity contribution in [1.29, 1.82) is 0 Å². The molecule has 0 saturated heterocycles. The van der Waals surface area contributed by atoms with Crippen molar-refractivity contribution in [2.45, 2.75) is 57.4 Å². The molecular formula is C14H24N2OS. The van der Waals surface area contributed by atoms with E-state index in [1.165, 1.54) is 0 Å². The molecule has 0 saturated carbocycles. The van der Waals surface area contributed by atoms with E-state index in [9.17, 15) is 0 Å². The molecule has 1 unspecified atom stereocenters. The quantitative estimate of drug-likeness (QED) is 0.839. The van der Waals surface area contributed by atoms with Crippen LogP contribution in [-0.4, -0.2) is 15.8 Å². The van der Waals surface area contributed by atoms with Crippen LogP contribution in [0.4, 0.5) is 5.69 Å². The zero-order valence-electron chi connectivity index (χ0n) is 12.2. The van der Waals surface area contributed by atoms with Crippen LogP contribution in [0.25, 0.3) is 0 Å². The van der Waals surface area contributed by atoms with Gasteiger partial charge in [-0.2, -0.15) is 0 Å². The summed E-state index contributed by atoms with van der Waals surface area (Å²) in [5, 5.41) is 1.48. The molecule has 18 heavy (non-hydrogen) atoms. The van der Waals surface area contributed by atoms with Gasteiger partial charge in [0.05, 0.1) is 5.69 Å². The van der Waals surface area contributed by atoms with Crippen molar-refractivity contribution in [3.63, 3.8) is 0 Å². The van der Waals surface area contributed by atoms with E-state index in [1.54, 1.807) is 11.8 Å². The van der Waals surface area contributed by atoms with Gasteiger partial charge in [-0.1, -0.05) is 20.8 Å². The molecule has 2 N–H and O–H groups in total. The monoisotopic (exact) mass is 268 g/mol. The van der Waals surface area contributed by atoms with Crippen LogP contribution in [-0.2, 0) is 0 Å². The van der Waals surface area contributed by atoms with Crippen molar-refractivity contribution in [2.75, 3.05) is 5.73 Å². The first-order valence-electron chi connectivity index (χ1n) is 6.31. The highest BCUT2D eigenvalue weighted by atomic mass is 32.2. The first kappa shape index (κ1) is 15.2. The number of nitrogens with zero attached hydrogens (tertiary/aromatic N) is 1. The predicted molar refractivity (Wildman–Crippen MR) is 79.2 cm³/mol. The Balaban J connectivity index is 2.87. The Hall–Kier alpha value is -0.900. The highest BCUT2D eigenvalue weighted by molar-refractivity contribution is 7.99.